The molecule has 1 aromatic rings. The average molecular weight is 222 g/mol. The highest BCUT2D eigenvalue weighted by molar-refractivity contribution is 7.86. The van der Waals surface area contributed by atoms with Crippen molar-refractivity contribution in [3.05, 3.63) is 6.20 Å². The van der Waals surface area contributed by atoms with Crippen LogP contribution in [0.1, 0.15) is 0 Å². The van der Waals surface area contributed by atoms with Crippen molar-refractivity contribution in [2.24, 2.45) is 0 Å². The third-order valence-corrected chi connectivity index (χ3v) is 2.65. The SMILES string of the molecule is O=S(=O)(O)c1cnn2c1OCC(F)C2. The molecular formula is C6H7FN2O4S. The van der Waals surface area contributed by atoms with Gasteiger partial charge in [-0.2, -0.15) is 13.5 Å². The zero-order valence-electron chi connectivity index (χ0n) is 6.92. The van der Waals surface area contributed by atoms with E-state index >= 15 is 0 Å². The fourth-order valence-electron chi connectivity index (χ4n) is 1.22. The van der Waals surface area contributed by atoms with E-state index in [0.29, 0.717) is 0 Å². The van der Waals surface area contributed by atoms with Crippen LogP contribution in [-0.2, 0) is 16.7 Å². The molecule has 1 aliphatic rings. The molecule has 1 N–H and O–H groups in total. The standard InChI is InChI=1S/C6H7FN2O4S/c7-4-2-9-6(13-3-4)5(1-8-9)14(10,11)12/h1,4H,2-3H2,(H,10,11,12). The molecule has 1 unspecified atom stereocenters. The van der Waals surface area contributed by atoms with Gasteiger partial charge in [0.25, 0.3) is 0 Å². The summed E-state index contributed by atoms with van der Waals surface area (Å²) < 4.78 is 49.0. The number of aromatic nitrogens is 2. The van der Waals surface area contributed by atoms with Gasteiger partial charge in [-0.15, -0.1) is 0 Å². The summed E-state index contributed by atoms with van der Waals surface area (Å²) in [5.74, 6) is -0.110. The number of ether oxygens (including phenoxy) is 1. The monoisotopic (exact) mass is 222 g/mol. The van der Waals surface area contributed by atoms with Crippen LogP contribution in [0.5, 0.6) is 5.88 Å². The van der Waals surface area contributed by atoms with E-state index < -0.39 is 21.2 Å². The molecule has 0 saturated carbocycles. The van der Waals surface area contributed by atoms with Crippen LogP contribution in [0, 0.1) is 0 Å². The molecule has 2 heterocycles. The van der Waals surface area contributed by atoms with Crippen LogP contribution >= 0.6 is 0 Å². The van der Waals surface area contributed by atoms with Crippen LogP contribution in [0.15, 0.2) is 11.1 Å². The fraction of sp³-hybridized carbons (Fsp3) is 0.500. The van der Waals surface area contributed by atoms with Crippen LogP contribution in [0.3, 0.4) is 0 Å². The lowest BCUT2D eigenvalue weighted by Gasteiger charge is -2.18. The van der Waals surface area contributed by atoms with Gasteiger partial charge in [0, 0.05) is 0 Å². The van der Waals surface area contributed by atoms with Gasteiger partial charge in [-0.05, 0) is 0 Å². The Bertz CT molecular complexity index is 454. The van der Waals surface area contributed by atoms with E-state index in [4.69, 9.17) is 9.29 Å². The minimum Gasteiger partial charge on any atom is -0.474 e. The zero-order chi connectivity index (χ0) is 10.3. The van der Waals surface area contributed by atoms with Crippen LogP contribution in [-0.4, -0.2) is 35.5 Å². The summed E-state index contributed by atoms with van der Waals surface area (Å²) in [6.45, 7) is -0.293. The van der Waals surface area contributed by atoms with E-state index in [1.165, 1.54) is 0 Å². The van der Waals surface area contributed by atoms with Gasteiger partial charge >= 0.3 is 10.1 Å². The van der Waals surface area contributed by atoms with Crippen LogP contribution in [0.4, 0.5) is 4.39 Å². The Morgan fingerprint density at radius 2 is 2.43 bits per heavy atom. The van der Waals surface area contributed by atoms with Gasteiger partial charge in [0.05, 0.1) is 12.7 Å². The summed E-state index contributed by atoms with van der Waals surface area (Å²) in [6.07, 6.45) is -0.278. The lowest BCUT2D eigenvalue weighted by molar-refractivity contribution is 0.122. The molecule has 14 heavy (non-hydrogen) atoms. The second kappa shape index (κ2) is 2.92. The van der Waals surface area contributed by atoms with E-state index in [1.54, 1.807) is 0 Å². The molecule has 0 amide bonds. The molecule has 0 fully saturated rings. The van der Waals surface area contributed by atoms with Gasteiger partial charge in [-0.3, -0.25) is 4.55 Å². The average Bonchev–Trinajstić information content (AvgIpc) is 2.45. The molecular weight excluding hydrogens is 215 g/mol. The molecule has 1 aliphatic heterocycles. The van der Waals surface area contributed by atoms with Crippen molar-refractivity contribution in [3.63, 3.8) is 0 Å². The summed E-state index contributed by atoms with van der Waals surface area (Å²) in [5.41, 5.74) is 0. The van der Waals surface area contributed by atoms with Crippen molar-refractivity contribution in [3.8, 4) is 5.88 Å². The minimum atomic E-state index is -4.35. The zero-order valence-corrected chi connectivity index (χ0v) is 7.74. The van der Waals surface area contributed by atoms with Gasteiger partial charge in [0.1, 0.15) is 6.61 Å². The van der Waals surface area contributed by atoms with E-state index in [9.17, 15) is 12.8 Å². The van der Waals surface area contributed by atoms with Crippen molar-refractivity contribution in [2.45, 2.75) is 17.6 Å². The minimum absolute atomic E-state index is 0.0646. The Morgan fingerprint density at radius 1 is 1.71 bits per heavy atom. The summed E-state index contributed by atoms with van der Waals surface area (Å²) in [7, 11) is -4.35. The molecule has 78 valence electrons. The maximum atomic E-state index is 12.8. The molecule has 8 heteroatoms. The predicted molar refractivity (Wildman–Crippen MR) is 42.4 cm³/mol. The van der Waals surface area contributed by atoms with E-state index in [1.807, 2.05) is 0 Å². The number of hydrogen-bond acceptors (Lipinski definition) is 4. The van der Waals surface area contributed by atoms with Crippen molar-refractivity contribution in [1.29, 1.82) is 0 Å². The second-order valence-electron chi connectivity index (χ2n) is 2.88. The van der Waals surface area contributed by atoms with E-state index in [2.05, 4.69) is 5.10 Å². The number of halogens is 1. The predicted octanol–water partition coefficient (Wildman–Crippen LogP) is -0.140. The van der Waals surface area contributed by atoms with Crippen LogP contribution in [0.25, 0.3) is 0 Å². The van der Waals surface area contributed by atoms with Gasteiger partial charge in [-0.1, -0.05) is 0 Å². The first-order chi connectivity index (χ1) is 6.48. The molecule has 0 radical (unpaired) electrons. The maximum absolute atomic E-state index is 12.8. The molecule has 0 aliphatic carbocycles. The van der Waals surface area contributed by atoms with Gasteiger partial charge < -0.3 is 4.74 Å². The Hall–Kier alpha value is -1.15. The normalized spacial score (nSPS) is 21.4. The Balaban J connectivity index is 2.49. The first kappa shape index (κ1) is 9.41. The smallest absolute Gasteiger partial charge is 0.301 e. The molecule has 2 rings (SSSR count). The Kier molecular flexibility index (Phi) is 1.96. The molecule has 0 bridgehead atoms. The summed E-state index contributed by atoms with van der Waals surface area (Å²) in [5, 5.41) is 3.59. The van der Waals surface area contributed by atoms with Crippen molar-refractivity contribution < 1.29 is 22.1 Å². The lowest BCUT2D eigenvalue weighted by atomic mass is 10.4. The Labute approximate surface area is 79.0 Å². The number of hydrogen-bond donors (Lipinski definition) is 1. The number of nitrogens with zero attached hydrogens (tertiary/aromatic N) is 2. The molecule has 0 aromatic carbocycles. The number of fused-ring (bicyclic) bond motifs is 1. The van der Waals surface area contributed by atoms with Gasteiger partial charge in [-0.25, -0.2) is 9.07 Å². The van der Waals surface area contributed by atoms with Crippen molar-refractivity contribution in [2.75, 3.05) is 6.61 Å². The third-order valence-electron chi connectivity index (χ3n) is 1.81. The number of rotatable bonds is 1. The Morgan fingerprint density at radius 3 is 3.07 bits per heavy atom. The van der Waals surface area contributed by atoms with Crippen LogP contribution in [0.2, 0.25) is 0 Å². The number of alkyl halides is 1. The highest BCUT2D eigenvalue weighted by Crippen LogP contribution is 2.26. The summed E-state index contributed by atoms with van der Waals surface area (Å²) >= 11 is 0. The van der Waals surface area contributed by atoms with Crippen LogP contribution < -0.4 is 4.74 Å². The first-order valence-electron chi connectivity index (χ1n) is 3.78. The molecule has 0 saturated heterocycles. The summed E-state index contributed by atoms with van der Waals surface area (Å²) in [6, 6.07) is 0. The van der Waals surface area contributed by atoms with Gasteiger partial charge in [0.2, 0.25) is 5.88 Å². The first-order valence-corrected chi connectivity index (χ1v) is 5.22. The second-order valence-corrected chi connectivity index (χ2v) is 4.27. The molecule has 1 atom stereocenters. The van der Waals surface area contributed by atoms with E-state index in [-0.39, 0.29) is 19.0 Å². The molecule has 1 aromatic heterocycles. The van der Waals surface area contributed by atoms with Crippen molar-refractivity contribution >= 4 is 10.1 Å². The fourth-order valence-corrected chi connectivity index (χ4v) is 1.78. The largest absolute Gasteiger partial charge is 0.474 e. The maximum Gasteiger partial charge on any atom is 0.301 e. The highest BCUT2D eigenvalue weighted by atomic mass is 32.2. The van der Waals surface area contributed by atoms with Gasteiger partial charge in [0.15, 0.2) is 11.1 Å². The highest BCUT2D eigenvalue weighted by Gasteiger charge is 2.28. The quantitative estimate of drug-likeness (QED) is 0.669. The van der Waals surface area contributed by atoms with E-state index in [0.717, 1.165) is 10.9 Å². The topological polar surface area (TPSA) is 81.4 Å². The van der Waals surface area contributed by atoms with Crippen molar-refractivity contribution in [1.82, 2.24) is 9.78 Å². The lowest BCUT2D eigenvalue weighted by Crippen LogP contribution is -2.27. The molecule has 0 spiro atoms. The third kappa shape index (κ3) is 1.46. The molecule has 6 nitrogen and oxygen atoms in total. The summed E-state index contributed by atoms with van der Waals surface area (Å²) in [4.78, 5) is -0.426.